The molecule has 1 radical (unpaired) electrons. The Morgan fingerprint density at radius 2 is 1.97 bits per heavy atom. The van der Waals surface area contributed by atoms with E-state index in [1.54, 1.807) is 0 Å². The van der Waals surface area contributed by atoms with Crippen LogP contribution in [0.25, 0.3) is 27.8 Å². The molecule has 3 heterocycles. The van der Waals surface area contributed by atoms with E-state index in [1.165, 1.54) is 0 Å². The fraction of sp³-hybridized carbons (Fsp3) is 0.304. The number of nitrogens with zero attached hydrogens (tertiary/aromatic N) is 4. The zero-order valence-electron chi connectivity index (χ0n) is 16.7. The van der Waals surface area contributed by atoms with E-state index in [4.69, 9.17) is 9.51 Å². The second kappa shape index (κ2) is 7.35. The molecule has 3 aromatic heterocycles. The van der Waals surface area contributed by atoms with Crippen LogP contribution in [0.3, 0.4) is 0 Å². The standard InChI is InChI=1S/C23H24N5O/c1-15-22(16(2)29-27-15)19-9-6-10-20-18(19)12-14-28(20)21-11-13-24-23(26-21)25-17-7-4-3-5-8-17/h3,6,9-14,17H,4-5,7-8H2,1-2H3,(H,24,25,26). The quantitative estimate of drug-likeness (QED) is 0.519. The topological polar surface area (TPSA) is 68.8 Å². The molecule has 6 nitrogen and oxygen atoms in total. The number of fused-ring (bicyclic) bond motifs is 1. The molecule has 1 aliphatic rings. The number of aromatic nitrogens is 4. The molecule has 0 saturated heterocycles. The van der Waals surface area contributed by atoms with Gasteiger partial charge in [-0.05, 0) is 69.7 Å². The molecule has 29 heavy (non-hydrogen) atoms. The molecule has 5 rings (SSSR count). The number of hydrogen-bond acceptors (Lipinski definition) is 5. The van der Waals surface area contributed by atoms with Crippen LogP contribution in [0, 0.1) is 20.3 Å². The SMILES string of the molecule is Cc1noc(C)c1-c1cccc2c1ccn2-c1ccnc(NC2CC[CH]CC2)n1. The molecular weight excluding hydrogens is 362 g/mol. The Morgan fingerprint density at radius 1 is 1.10 bits per heavy atom. The summed E-state index contributed by atoms with van der Waals surface area (Å²) in [7, 11) is 0. The average Bonchev–Trinajstić information content (AvgIpc) is 3.32. The van der Waals surface area contributed by atoms with Crippen LogP contribution < -0.4 is 5.32 Å². The molecule has 0 spiro atoms. The maximum Gasteiger partial charge on any atom is 0.224 e. The highest BCUT2D eigenvalue weighted by Crippen LogP contribution is 2.34. The molecule has 0 amide bonds. The fourth-order valence-electron chi connectivity index (χ4n) is 4.26. The smallest absolute Gasteiger partial charge is 0.224 e. The molecule has 0 aliphatic heterocycles. The van der Waals surface area contributed by atoms with Crippen LogP contribution >= 0.6 is 0 Å². The third-order valence-corrected chi connectivity index (χ3v) is 5.70. The van der Waals surface area contributed by atoms with Crippen LogP contribution in [0.4, 0.5) is 5.95 Å². The minimum absolute atomic E-state index is 0.447. The first-order valence-corrected chi connectivity index (χ1v) is 10.2. The number of benzene rings is 1. The molecule has 0 bridgehead atoms. The molecule has 0 unspecified atom stereocenters. The first-order chi connectivity index (χ1) is 14.2. The van der Waals surface area contributed by atoms with Crippen molar-refractivity contribution in [2.75, 3.05) is 5.32 Å². The Morgan fingerprint density at radius 3 is 2.76 bits per heavy atom. The summed E-state index contributed by atoms with van der Waals surface area (Å²) in [5.74, 6) is 2.38. The average molecular weight is 386 g/mol. The summed E-state index contributed by atoms with van der Waals surface area (Å²) < 4.78 is 7.50. The Bertz CT molecular complexity index is 1130. The lowest BCUT2D eigenvalue weighted by molar-refractivity contribution is 0.393. The van der Waals surface area contributed by atoms with Gasteiger partial charge in [0.2, 0.25) is 5.95 Å². The van der Waals surface area contributed by atoms with Crippen molar-refractivity contribution in [3.63, 3.8) is 0 Å². The van der Waals surface area contributed by atoms with Gasteiger partial charge in [0.05, 0.1) is 11.2 Å². The van der Waals surface area contributed by atoms with E-state index in [9.17, 15) is 0 Å². The molecule has 1 saturated carbocycles. The fourth-order valence-corrected chi connectivity index (χ4v) is 4.26. The van der Waals surface area contributed by atoms with Gasteiger partial charge in [-0.3, -0.25) is 0 Å². The van der Waals surface area contributed by atoms with Gasteiger partial charge in [-0.1, -0.05) is 17.3 Å². The van der Waals surface area contributed by atoms with E-state index in [0.29, 0.717) is 12.0 Å². The van der Waals surface area contributed by atoms with Gasteiger partial charge < -0.3 is 14.4 Å². The molecule has 0 atom stereocenters. The summed E-state index contributed by atoms with van der Waals surface area (Å²) >= 11 is 0. The summed E-state index contributed by atoms with van der Waals surface area (Å²) in [6, 6.07) is 10.8. The number of rotatable bonds is 4. The largest absolute Gasteiger partial charge is 0.361 e. The van der Waals surface area contributed by atoms with Crippen molar-refractivity contribution in [2.45, 2.75) is 45.6 Å². The predicted octanol–water partition coefficient (Wildman–Crippen LogP) is 5.25. The van der Waals surface area contributed by atoms with Crippen LogP contribution in [0.2, 0.25) is 0 Å². The van der Waals surface area contributed by atoms with E-state index in [2.05, 4.69) is 56.9 Å². The predicted molar refractivity (Wildman–Crippen MR) is 114 cm³/mol. The van der Waals surface area contributed by atoms with Gasteiger partial charge >= 0.3 is 0 Å². The van der Waals surface area contributed by atoms with E-state index in [-0.39, 0.29) is 0 Å². The van der Waals surface area contributed by atoms with Gasteiger partial charge in [0.15, 0.2) is 0 Å². The first-order valence-electron chi connectivity index (χ1n) is 10.2. The van der Waals surface area contributed by atoms with Crippen molar-refractivity contribution in [1.82, 2.24) is 19.7 Å². The second-order valence-electron chi connectivity index (χ2n) is 7.65. The van der Waals surface area contributed by atoms with Crippen LogP contribution in [0.5, 0.6) is 0 Å². The van der Waals surface area contributed by atoms with Crippen molar-refractivity contribution in [2.24, 2.45) is 0 Å². The van der Waals surface area contributed by atoms with E-state index >= 15 is 0 Å². The van der Waals surface area contributed by atoms with Crippen molar-refractivity contribution >= 4 is 16.9 Å². The van der Waals surface area contributed by atoms with Crippen LogP contribution in [-0.4, -0.2) is 25.7 Å². The zero-order chi connectivity index (χ0) is 19.8. The number of nitrogens with one attached hydrogen (secondary N) is 1. The van der Waals surface area contributed by atoms with Gasteiger partial charge in [-0.25, -0.2) is 4.98 Å². The lowest BCUT2D eigenvalue weighted by Gasteiger charge is -2.22. The molecule has 6 heteroatoms. The van der Waals surface area contributed by atoms with E-state index in [0.717, 1.165) is 65.0 Å². The Kier molecular flexibility index (Phi) is 4.54. The van der Waals surface area contributed by atoms with Crippen molar-refractivity contribution in [3.8, 4) is 16.9 Å². The second-order valence-corrected chi connectivity index (χ2v) is 7.65. The Hall–Kier alpha value is -3.15. The van der Waals surface area contributed by atoms with Crippen LogP contribution in [0.15, 0.2) is 47.2 Å². The van der Waals surface area contributed by atoms with Gasteiger partial charge in [0.1, 0.15) is 11.6 Å². The zero-order valence-corrected chi connectivity index (χ0v) is 16.7. The summed E-state index contributed by atoms with van der Waals surface area (Å²) in [6.07, 6.45) is 10.8. The molecule has 147 valence electrons. The monoisotopic (exact) mass is 386 g/mol. The highest BCUT2D eigenvalue weighted by molar-refractivity contribution is 5.97. The van der Waals surface area contributed by atoms with E-state index < -0.39 is 0 Å². The van der Waals surface area contributed by atoms with Crippen molar-refractivity contribution in [1.29, 1.82) is 0 Å². The maximum absolute atomic E-state index is 5.39. The molecular formula is C23H24N5O. The first kappa shape index (κ1) is 17.9. The summed E-state index contributed by atoms with van der Waals surface area (Å²) in [4.78, 5) is 9.23. The minimum Gasteiger partial charge on any atom is -0.361 e. The Balaban J connectivity index is 1.53. The lowest BCUT2D eigenvalue weighted by Crippen LogP contribution is -2.23. The molecule has 1 fully saturated rings. The molecule has 1 aromatic carbocycles. The molecule has 1 aliphatic carbocycles. The summed E-state index contributed by atoms with van der Waals surface area (Å²) in [5.41, 5.74) is 4.19. The van der Waals surface area contributed by atoms with Crippen molar-refractivity contribution in [3.05, 3.63) is 60.6 Å². The number of aryl methyl sites for hydroxylation is 2. The van der Waals surface area contributed by atoms with Crippen molar-refractivity contribution < 1.29 is 4.52 Å². The third kappa shape index (κ3) is 3.28. The molecule has 1 N–H and O–H groups in total. The summed E-state index contributed by atoms with van der Waals surface area (Å²) in [6.45, 7) is 3.93. The van der Waals surface area contributed by atoms with E-state index in [1.807, 2.05) is 26.1 Å². The molecule has 4 aromatic rings. The lowest BCUT2D eigenvalue weighted by atomic mass is 9.96. The third-order valence-electron chi connectivity index (χ3n) is 5.70. The van der Waals surface area contributed by atoms with Gasteiger partial charge in [0.25, 0.3) is 0 Å². The maximum atomic E-state index is 5.39. The normalized spacial score (nSPS) is 15.1. The number of hydrogen-bond donors (Lipinski definition) is 1. The van der Waals surface area contributed by atoms with Gasteiger partial charge in [-0.2, -0.15) is 4.98 Å². The minimum atomic E-state index is 0.447. The highest BCUT2D eigenvalue weighted by atomic mass is 16.5. The van der Waals surface area contributed by atoms with Gasteiger partial charge in [-0.15, -0.1) is 0 Å². The Labute approximate surface area is 170 Å². The summed E-state index contributed by atoms with van der Waals surface area (Å²) in [5, 5.41) is 8.77. The van der Waals surface area contributed by atoms with Crippen LogP contribution in [0.1, 0.15) is 37.1 Å². The van der Waals surface area contributed by atoms with Crippen LogP contribution in [-0.2, 0) is 0 Å². The van der Waals surface area contributed by atoms with Gasteiger partial charge in [0, 0.05) is 29.4 Å². The number of anilines is 1. The highest BCUT2D eigenvalue weighted by Gasteiger charge is 2.17.